The highest BCUT2D eigenvalue weighted by atomic mass is 127. The van der Waals surface area contributed by atoms with E-state index in [0.717, 1.165) is 44.2 Å². The van der Waals surface area contributed by atoms with Gasteiger partial charge in [0.25, 0.3) is 0 Å². The molecule has 2 unspecified atom stereocenters. The molecule has 2 heterocycles. The maximum Gasteiger partial charge on any atom is 0.193 e. The lowest BCUT2D eigenvalue weighted by atomic mass is 9.93. The smallest absolute Gasteiger partial charge is 0.193 e. The second kappa shape index (κ2) is 10.5. The van der Waals surface area contributed by atoms with Gasteiger partial charge in [-0.2, -0.15) is 0 Å². The average Bonchev–Trinajstić information content (AvgIpc) is 3.20. The van der Waals surface area contributed by atoms with Gasteiger partial charge in [0.15, 0.2) is 5.96 Å². The molecular weight excluding hydrogens is 453 g/mol. The van der Waals surface area contributed by atoms with Crippen molar-refractivity contribution in [1.29, 1.82) is 0 Å². The summed E-state index contributed by atoms with van der Waals surface area (Å²) in [7, 11) is 3.56. The van der Waals surface area contributed by atoms with E-state index in [0.29, 0.717) is 12.0 Å². The van der Waals surface area contributed by atoms with Gasteiger partial charge in [0.1, 0.15) is 5.75 Å². The molecule has 0 saturated carbocycles. The van der Waals surface area contributed by atoms with Crippen LogP contribution in [0.2, 0.25) is 0 Å². The van der Waals surface area contributed by atoms with Gasteiger partial charge < -0.3 is 19.5 Å². The lowest BCUT2D eigenvalue weighted by molar-refractivity contribution is 0.189. The van der Waals surface area contributed by atoms with E-state index in [-0.39, 0.29) is 24.0 Å². The van der Waals surface area contributed by atoms with Gasteiger partial charge in [0, 0.05) is 39.1 Å². The van der Waals surface area contributed by atoms with E-state index in [1.54, 1.807) is 7.11 Å². The number of piperidine rings is 1. The highest BCUT2D eigenvalue weighted by Crippen LogP contribution is 2.27. The molecule has 0 amide bonds. The predicted molar refractivity (Wildman–Crippen MR) is 120 cm³/mol. The normalized spacial score (nSPS) is 20.1. The van der Waals surface area contributed by atoms with Crippen LogP contribution in [0.5, 0.6) is 5.75 Å². The summed E-state index contributed by atoms with van der Waals surface area (Å²) in [6.07, 6.45) is 7.92. The molecule has 1 aromatic carbocycles. The van der Waals surface area contributed by atoms with Crippen molar-refractivity contribution in [3.63, 3.8) is 0 Å². The van der Waals surface area contributed by atoms with Crippen LogP contribution in [-0.4, -0.2) is 54.2 Å². The molecule has 0 bridgehead atoms. The zero-order valence-corrected chi connectivity index (χ0v) is 18.7. The Labute approximate surface area is 179 Å². The Kier molecular flexibility index (Phi) is 8.40. The largest absolute Gasteiger partial charge is 0.497 e. The van der Waals surface area contributed by atoms with Crippen LogP contribution in [0.3, 0.4) is 0 Å². The zero-order valence-electron chi connectivity index (χ0n) is 16.3. The fourth-order valence-electron chi connectivity index (χ4n) is 3.57. The van der Waals surface area contributed by atoms with Gasteiger partial charge in [-0.05, 0) is 36.5 Å². The Morgan fingerprint density at radius 1 is 1.41 bits per heavy atom. The summed E-state index contributed by atoms with van der Waals surface area (Å²) in [5.74, 6) is 2.51. The first-order valence-corrected chi connectivity index (χ1v) is 9.27. The minimum atomic E-state index is 0. The standard InChI is InChI=1S/C20H29N5O.HI/c1-16-8-11-24(14-19(16)25-12-10-22-15-25)20(21-2)23-9-7-17-5-4-6-18(13-17)26-3;/h4-6,10,12-13,15-16,19H,7-9,11,14H2,1-3H3,(H,21,23);1H. The minimum absolute atomic E-state index is 0. The number of guanidine groups is 1. The van der Waals surface area contributed by atoms with Gasteiger partial charge in [-0.3, -0.25) is 4.99 Å². The fourth-order valence-corrected chi connectivity index (χ4v) is 3.57. The molecule has 7 heteroatoms. The Hall–Kier alpha value is -1.77. The number of imidazole rings is 1. The van der Waals surface area contributed by atoms with Gasteiger partial charge in [-0.25, -0.2) is 4.98 Å². The van der Waals surface area contributed by atoms with Gasteiger partial charge in [0.05, 0.1) is 19.5 Å². The molecule has 2 atom stereocenters. The highest BCUT2D eigenvalue weighted by molar-refractivity contribution is 14.0. The predicted octanol–water partition coefficient (Wildman–Crippen LogP) is 3.21. The Morgan fingerprint density at radius 3 is 2.96 bits per heavy atom. The van der Waals surface area contributed by atoms with Crippen LogP contribution < -0.4 is 10.1 Å². The minimum Gasteiger partial charge on any atom is -0.497 e. The van der Waals surface area contributed by atoms with Crippen LogP contribution in [0.15, 0.2) is 48.0 Å². The number of ether oxygens (including phenoxy) is 1. The van der Waals surface area contributed by atoms with Crippen molar-refractivity contribution in [2.24, 2.45) is 10.9 Å². The first kappa shape index (κ1) is 21.5. The van der Waals surface area contributed by atoms with E-state index < -0.39 is 0 Å². The first-order valence-electron chi connectivity index (χ1n) is 9.27. The fraction of sp³-hybridized carbons (Fsp3) is 0.500. The topological polar surface area (TPSA) is 54.7 Å². The third-order valence-electron chi connectivity index (χ3n) is 5.17. The lowest BCUT2D eigenvalue weighted by Gasteiger charge is -2.39. The molecule has 0 radical (unpaired) electrons. The van der Waals surface area contributed by atoms with Crippen LogP contribution >= 0.6 is 24.0 Å². The molecule has 27 heavy (non-hydrogen) atoms. The zero-order chi connectivity index (χ0) is 18.4. The van der Waals surface area contributed by atoms with Crippen molar-refractivity contribution in [3.8, 4) is 5.75 Å². The summed E-state index contributed by atoms with van der Waals surface area (Å²) >= 11 is 0. The molecule has 1 N–H and O–H groups in total. The summed E-state index contributed by atoms with van der Waals surface area (Å²) in [5.41, 5.74) is 1.26. The number of methoxy groups -OCH3 is 1. The molecule has 2 aromatic rings. The van der Waals surface area contributed by atoms with Crippen molar-refractivity contribution in [1.82, 2.24) is 19.8 Å². The Bertz CT molecular complexity index is 719. The lowest BCUT2D eigenvalue weighted by Crippen LogP contribution is -2.49. The van der Waals surface area contributed by atoms with Crippen LogP contribution in [0.25, 0.3) is 0 Å². The number of benzene rings is 1. The molecular formula is C20H30IN5O. The molecule has 1 aliphatic rings. The van der Waals surface area contributed by atoms with Crippen molar-refractivity contribution in [2.45, 2.75) is 25.8 Å². The van der Waals surface area contributed by atoms with E-state index >= 15 is 0 Å². The monoisotopic (exact) mass is 483 g/mol. The van der Waals surface area contributed by atoms with Gasteiger partial charge in [-0.1, -0.05) is 19.1 Å². The van der Waals surface area contributed by atoms with Crippen molar-refractivity contribution in [2.75, 3.05) is 33.8 Å². The molecule has 1 aromatic heterocycles. The van der Waals surface area contributed by atoms with Crippen molar-refractivity contribution in [3.05, 3.63) is 48.5 Å². The van der Waals surface area contributed by atoms with E-state index in [9.17, 15) is 0 Å². The van der Waals surface area contributed by atoms with Crippen LogP contribution in [-0.2, 0) is 6.42 Å². The number of hydrogen-bond acceptors (Lipinski definition) is 3. The van der Waals surface area contributed by atoms with Crippen molar-refractivity contribution >= 4 is 29.9 Å². The summed E-state index contributed by atoms with van der Waals surface area (Å²) in [6.45, 7) is 5.16. The van der Waals surface area contributed by atoms with Crippen LogP contribution in [0.4, 0.5) is 0 Å². The molecule has 0 spiro atoms. The Balaban J connectivity index is 0.00000261. The van der Waals surface area contributed by atoms with Crippen LogP contribution in [0.1, 0.15) is 24.9 Å². The number of rotatable bonds is 5. The number of aromatic nitrogens is 2. The number of hydrogen-bond donors (Lipinski definition) is 1. The summed E-state index contributed by atoms with van der Waals surface area (Å²) in [4.78, 5) is 11.1. The van der Waals surface area contributed by atoms with Gasteiger partial charge in [-0.15, -0.1) is 24.0 Å². The molecule has 0 aliphatic carbocycles. The number of nitrogens with zero attached hydrogens (tertiary/aromatic N) is 4. The van der Waals surface area contributed by atoms with Gasteiger partial charge in [0.2, 0.25) is 0 Å². The number of aliphatic imine (C=N–C) groups is 1. The third-order valence-corrected chi connectivity index (χ3v) is 5.17. The maximum absolute atomic E-state index is 5.30. The number of likely N-dealkylation sites (tertiary alicyclic amines) is 1. The molecule has 3 rings (SSSR count). The molecule has 1 aliphatic heterocycles. The summed E-state index contributed by atoms with van der Waals surface area (Å²) < 4.78 is 7.52. The molecule has 1 saturated heterocycles. The van der Waals surface area contributed by atoms with E-state index in [2.05, 4.69) is 50.0 Å². The second-order valence-corrected chi connectivity index (χ2v) is 6.86. The SMILES string of the molecule is CN=C(NCCc1cccc(OC)c1)N1CCC(C)C(n2ccnc2)C1.I. The quantitative estimate of drug-likeness (QED) is 0.403. The van der Waals surface area contributed by atoms with E-state index in [4.69, 9.17) is 4.74 Å². The average molecular weight is 483 g/mol. The molecule has 148 valence electrons. The summed E-state index contributed by atoms with van der Waals surface area (Å²) in [6, 6.07) is 8.65. The molecule has 6 nitrogen and oxygen atoms in total. The van der Waals surface area contributed by atoms with E-state index in [1.807, 2.05) is 31.7 Å². The number of halogens is 1. The number of nitrogens with one attached hydrogen (secondary N) is 1. The maximum atomic E-state index is 5.30. The van der Waals surface area contributed by atoms with Gasteiger partial charge >= 0.3 is 0 Å². The Morgan fingerprint density at radius 2 is 2.26 bits per heavy atom. The highest BCUT2D eigenvalue weighted by Gasteiger charge is 2.28. The van der Waals surface area contributed by atoms with Crippen LogP contribution in [0, 0.1) is 5.92 Å². The first-order chi connectivity index (χ1) is 12.7. The molecule has 1 fully saturated rings. The summed E-state index contributed by atoms with van der Waals surface area (Å²) in [5, 5.41) is 3.52. The van der Waals surface area contributed by atoms with Crippen molar-refractivity contribution < 1.29 is 4.74 Å². The second-order valence-electron chi connectivity index (χ2n) is 6.86. The third kappa shape index (κ3) is 5.60. The van der Waals surface area contributed by atoms with E-state index in [1.165, 1.54) is 5.56 Å².